The standard InChI is InChI=1S/C25H27F3N4O2/c1-15-9-19-10-17(3-6-22(19)31-23(15)29)24(33)32(12-18-7-8-34-14-16(18)2)13-21-5-4-20(11-30-21)25(26,27)28/h3-6,9-11,16,18H,7-8,12-14H2,1-2H3,(H2,29,31)/t16-,18-/m0/s1. The smallest absolute Gasteiger partial charge is 0.383 e. The number of aryl methyl sites for hydroxylation is 1. The third kappa shape index (κ3) is 5.30. The first-order valence-corrected chi connectivity index (χ1v) is 11.2. The molecule has 6 nitrogen and oxygen atoms in total. The number of hydrogen-bond donors (Lipinski definition) is 1. The van der Waals surface area contributed by atoms with Crippen molar-refractivity contribution in [2.45, 2.75) is 33.0 Å². The first-order chi connectivity index (χ1) is 16.1. The van der Waals surface area contributed by atoms with Gasteiger partial charge in [0.25, 0.3) is 5.91 Å². The van der Waals surface area contributed by atoms with Gasteiger partial charge in [0.1, 0.15) is 5.82 Å². The molecular weight excluding hydrogens is 445 g/mol. The normalized spacial score (nSPS) is 18.7. The second-order valence-corrected chi connectivity index (χ2v) is 8.92. The van der Waals surface area contributed by atoms with Crippen molar-refractivity contribution in [1.82, 2.24) is 14.9 Å². The highest BCUT2D eigenvalue weighted by atomic mass is 19.4. The zero-order valence-corrected chi connectivity index (χ0v) is 19.1. The largest absolute Gasteiger partial charge is 0.417 e. The van der Waals surface area contributed by atoms with Crippen LogP contribution in [0, 0.1) is 18.8 Å². The molecule has 1 aromatic carbocycles. The molecule has 4 rings (SSSR count). The SMILES string of the molecule is Cc1cc2cc(C(=O)N(Cc3ccc(C(F)(F)F)cn3)C[C@@H]3CCOC[C@@H]3C)ccc2nc1N. The molecule has 1 fully saturated rings. The minimum absolute atomic E-state index is 0.109. The van der Waals surface area contributed by atoms with Gasteiger partial charge in [-0.2, -0.15) is 13.2 Å². The molecule has 3 heterocycles. The van der Waals surface area contributed by atoms with Crippen molar-refractivity contribution in [1.29, 1.82) is 0 Å². The van der Waals surface area contributed by atoms with Gasteiger partial charge < -0.3 is 15.4 Å². The van der Waals surface area contributed by atoms with Crippen LogP contribution < -0.4 is 5.73 Å². The van der Waals surface area contributed by atoms with Crippen LogP contribution in [-0.4, -0.2) is 40.5 Å². The number of fused-ring (bicyclic) bond motifs is 1. The van der Waals surface area contributed by atoms with Crippen molar-refractivity contribution in [2.75, 3.05) is 25.5 Å². The molecule has 1 saturated heterocycles. The minimum atomic E-state index is -4.46. The van der Waals surface area contributed by atoms with Gasteiger partial charge in [0, 0.05) is 36.9 Å². The fourth-order valence-corrected chi connectivity index (χ4v) is 4.19. The fraction of sp³-hybridized carbons (Fsp3) is 0.400. The maximum Gasteiger partial charge on any atom is 0.417 e. The van der Waals surface area contributed by atoms with Crippen LogP contribution in [0.2, 0.25) is 0 Å². The van der Waals surface area contributed by atoms with Crippen LogP contribution in [0.25, 0.3) is 10.9 Å². The van der Waals surface area contributed by atoms with Crippen LogP contribution in [-0.2, 0) is 17.5 Å². The molecule has 2 atom stereocenters. The Hall–Kier alpha value is -3.20. The molecule has 0 radical (unpaired) electrons. The van der Waals surface area contributed by atoms with Gasteiger partial charge >= 0.3 is 6.18 Å². The van der Waals surface area contributed by atoms with E-state index in [1.54, 1.807) is 23.1 Å². The molecule has 1 aliphatic rings. The van der Waals surface area contributed by atoms with Gasteiger partial charge in [-0.1, -0.05) is 6.92 Å². The number of nitrogens with two attached hydrogens (primary N) is 1. The Kier molecular flexibility index (Phi) is 6.74. The highest BCUT2D eigenvalue weighted by molar-refractivity contribution is 5.98. The van der Waals surface area contributed by atoms with E-state index in [1.165, 1.54) is 6.07 Å². The Bertz CT molecular complexity index is 1180. The number of ether oxygens (including phenoxy) is 1. The Labute approximate surface area is 195 Å². The summed E-state index contributed by atoms with van der Waals surface area (Å²) in [5, 5.41) is 0.796. The summed E-state index contributed by atoms with van der Waals surface area (Å²) >= 11 is 0. The Morgan fingerprint density at radius 3 is 2.71 bits per heavy atom. The molecule has 0 spiro atoms. The Morgan fingerprint density at radius 1 is 1.24 bits per heavy atom. The Morgan fingerprint density at radius 2 is 2.03 bits per heavy atom. The quantitative estimate of drug-likeness (QED) is 0.574. The number of rotatable bonds is 5. The van der Waals surface area contributed by atoms with Gasteiger partial charge in [-0.3, -0.25) is 9.78 Å². The molecule has 9 heteroatoms. The van der Waals surface area contributed by atoms with E-state index in [0.29, 0.717) is 42.4 Å². The van der Waals surface area contributed by atoms with Crippen LogP contribution in [0.3, 0.4) is 0 Å². The highest BCUT2D eigenvalue weighted by Crippen LogP contribution is 2.29. The molecule has 2 aromatic heterocycles. The number of anilines is 1. The molecule has 0 unspecified atom stereocenters. The van der Waals surface area contributed by atoms with Crippen LogP contribution in [0.4, 0.5) is 19.0 Å². The van der Waals surface area contributed by atoms with Crippen LogP contribution in [0.1, 0.15) is 40.5 Å². The number of nitrogen functional groups attached to an aromatic ring is 1. The molecule has 0 bridgehead atoms. The summed E-state index contributed by atoms with van der Waals surface area (Å²) < 4.78 is 44.3. The summed E-state index contributed by atoms with van der Waals surface area (Å²) in [5.41, 5.74) is 7.46. The summed E-state index contributed by atoms with van der Waals surface area (Å²) in [6, 6.07) is 9.44. The molecule has 2 N–H and O–H groups in total. The second-order valence-electron chi connectivity index (χ2n) is 8.92. The zero-order valence-electron chi connectivity index (χ0n) is 19.1. The lowest BCUT2D eigenvalue weighted by molar-refractivity contribution is -0.137. The molecule has 3 aromatic rings. The van der Waals surface area contributed by atoms with Gasteiger partial charge in [-0.05, 0) is 67.1 Å². The number of carbonyl (C=O) groups is 1. The van der Waals surface area contributed by atoms with Gasteiger partial charge in [0.2, 0.25) is 0 Å². The van der Waals surface area contributed by atoms with Gasteiger partial charge in [0.05, 0.1) is 23.3 Å². The number of carbonyl (C=O) groups excluding carboxylic acids is 1. The lowest BCUT2D eigenvalue weighted by Crippen LogP contribution is -2.40. The maximum atomic E-state index is 13.6. The lowest BCUT2D eigenvalue weighted by Gasteiger charge is -2.34. The molecule has 1 amide bonds. The third-order valence-electron chi connectivity index (χ3n) is 6.36. The predicted molar refractivity (Wildman–Crippen MR) is 123 cm³/mol. The number of aromatic nitrogens is 2. The average molecular weight is 473 g/mol. The van der Waals surface area contributed by atoms with E-state index in [4.69, 9.17) is 10.5 Å². The number of alkyl halides is 3. The lowest BCUT2D eigenvalue weighted by atomic mass is 9.89. The number of amides is 1. The molecule has 1 aliphatic heterocycles. The van der Waals surface area contributed by atoms with Crippen molar-refractivity contribution < 1.29 is 22.7 Å². The number of hydrogen-bond acceptors (Lipinski definition) is 5. The van der Waals surface area contributed by atoms with Crippen molar-refractivity contribution in [3.63, 3.8) is 0 Å². The summed E-state index contributed by atoms with van der Waals surface area (Å²) in [4.78, 5) is 23.6. The summed E-state index contributed by atoms with van der Waals surface area (Å²) in [6.45, 7) is 5.75. The first kappa shape index (κ1) is 23.9. The number of pyridine rings is 2. The van der Waals surface area contributed by atoms with Crippen molar-refractivity contribution in [3.05, 3.63) is 65.0 Å². The first-order valence-electron chi connectivity index (χ1n) is 11.2. The van der Waals surface area contributed by atoms with E-state index < -0.39 is 11.7 Å². The van der Waals surface area contributed by atoms with E-state index in [2.05, 4.69) is 16.9 Å². The predicted octanol–water partition coefficient (Wildman–Crippen LogP) is 4.85. The molecule has 34 heavy (non-hydrogen) atoms. The Balaban J connectivity index is 1.63. The van der Waals surface area contributed by atoms with Crippen LogP contribution in [0.15, 0.2) is 42.6 Å². The fourth-order valence-electron chi connectivity index (χ4n) is 4.19. The number of nitrogens with zero attached hydrogens (tertiary/aromatic N) is 3. The zero-order chi connectivity index (χ0) is 24.5. The van der Waals surface area contributed by atoms with Crippen molar-refractivity contribution >= 4 is 22.6 Å². The summed E-state index contributed by atoms with van der Waals surface area (Å²) in [5.74, 6) is 0.708. The molecule has 180 valence electrons. The summed E-state index contributed by atoms with van der Waals surface area (Å²) in [7, 11) is 0. The molecular formula is C25H27F3N4O2. The van der Waals surface area contributed by atoms with Gasteiger partial charge in [-0.15, -0.1) is 0 Å². The molecule has 0 saturated carbocycles. The van der Waals surface area contributed by atoms with E-state index >= 15 is 0 Å². The van der Waals surface area contributed by atoms with Gasteiger partial charge in [-0.25, -0.2) is 4.98 Å². The van der Waals surface area contributed by atoms with Gasteiger partial charge in [0.15, 0.2) is 0 Å². The van der Waals surface area contributed by atoms with Crippen LogP contribution >= 0.6 is 0 Å². The minimum Gasteiger partial charge on any atom is -0.383 e. The topological polar surface area (TPSA) is 81.3 Å². The van der Waals surface area contributed by atoms with Crippen molar-refractivity contribution in [2.24, 2.45) is 11.8 Å². The molecule has 0 aliphatic carbocycles. The van der Waals surface area contributed by atoms with E-state index in [-0.39, 0.29) is 24.3 Å². The number of halogens is 3. The maximum absolute atomic E-state index is 13.6. The third-order valence-corrected chi connectivity index (χ3v) is 6.36. The highest BCUT2D eigenvalue weighted by Gasteiger charge is 2.31. The van der Waals surface area contributed by atoms with E-state index in [1.807, 2.05) is 13.0 Å². The summed E-state index contributed by atoms with van der Waals surface area (Å²) in [6.07, 6.45) is -2.84. The van der Waals surface area contributed by atoms with E-state index in [9.17, 15) is 18.0 Å². The number of benzene rings is 1. The van der Waals surface area contributed by atoms with Crippen LogP contribution in [0.5, 0.6) is 0 Å². The monoisotopic (exact) mass is 472 g/mol. The second kappa shape index (κ2) is 9.58. The van der Waals surface area contributed by atoms with E-state index in [0.717, 1.165) is 29.6 Å². The average Bonchev–Trinajstić information content (AvgIpc) is 2.80. The van der Waals surface area contributed by atoms with Crippen molar-refractivity contribution in [3.8, 4) is 0 Å².